The SMILES string of the molecule is CCN(C(=O)C=Cc1cn(CCC#N)c2ccccc12)C1CCCC1. The predicted octanol–water partition coefficient (Wildman–Crippen LogP) is 4.36. The molecule has 0 saturated heterocycles. The van der Waals surface area contributed by atoms with E-state index in [0.29, 0.717) is 19.0 Å². The van der Waals surface area contributed by atoms with E-state index in [1.54, 1.807) is 6.08 Å². The first-order valence-electron chi connectivity index (χ1n) is 9.18. The van der Waals surface area contributed by atoms with E-state index in [2.05, 4.69) is 29.7 Å². The number of amides is 1. The van der Waals surface area contributed by atoms with Crippen LogP contribution >= 0.6 is 0 Å². The van der Waals surface area contributed by atoms with Crippen molar-refractivity contribution in [1.29, 1.82) is 5.26 Å². The van der Waals surface area contributed by atoms with Crippen molar-refractivity contribution in [3.05, 3.63) is 42.1 Å². The Hall–Kier alpha value is -2.54. The first-order chi connectivity index (χ1) is 12.2. The molecule has 0 aliphatic heterocycles. The Morgan fingerprint density at radius 2 is 2.12 bits per heavy atom. The summed E-state index contributed by atoms with van der Waals surface area (Å²) in [6.45, 7) is 3.48. The van der Waals surface area contributed by atoms with Gasteiger partial charge in [0.05, 0.1) is 12.5 Å². The molecule has 3 rings (SSSR count). The summed E-state index contributed by atoms with van der Waals surface area (Å²) in [5.41, 5.74) is 2.14. The van der Waals surface area contributed by atoms with Gasteiger partial charge in [-0.3, -0.25) is 4.79 Å². The summed E-state index contributed by atoms with van der Waals surface area (Å²) < 4.78 is 2.09. The third-order valence-electron chi connectivity index (χ3n) is 5.08. The van der Waals surface area contributed by atoms with Crippen molar-refractivity contribution in [3.8, 4) is 6.07 Å². The minimum absolute atomic E-state index is 0.100. The maximum Gasteiger partial charge on any atom is 0.246 e. The number of para-hydroxylation sites is 1. The van der Waals surface area contributed by atoms with Crippen LogP contribution in [-0.2, 0) is 11.3 Å². The Balaban J connectivity index is 1.83. The Morgan fingerprint density at radius 1 is 1.36 bits per heavy atom. The summed E-state index contributed by atoms with van der Waals surface area (Å²) in [6.07, 6.45) is 10.9. The van der Waals surface area contributed by atoms with Crippen LogP contribution in [0, 0.1) is 11.3 Å². The second-order valence-electron chi connectivity index (χ2n) is 6.60. The van der Waals surface area contributed by atoms with E-state index in [-0.39, 0.29) is 5.91 Å². The monoisotopic (exact) mass is 335 g/mol. The van der Waals surface area contributed by atoms with Gasteiger partial charge < -0.3 is 9.47 Å². The van der Waals surface area contributed by atoms with Crippen LogP contribution in [0.15, 0.2) is 36.5 Å². The predicted molar refractivity (Wildman–Crippen MR) is 101 cm³/mol. The molecule has 1 aliphatic carbocycles. The number of hydrogen-bond donors (Lipinski definition) is 0. The highest BCUT2D eigenvalue weighted by molar-refractivity contribution is 5.96. The van der Waals surface area contributed by atoms with Gasteiger partial charge in [-0.05, 0) is 31.9 Å². The van der Waals surface area contributed by atoms with Crippen LogP contribution < -0.4 is 0 Å². The molecule has 1 fully saturated rings. The summed E-state index contributed by atoms with van der Waals surface area (Å²) in [6, 6.07) is 10.7. The lowest BCUT2D eigenvalue weighted by molar-refractivity contribution is -0.127. The zero-order chi connectivity index (χ0) is 17.6. The van der Waals surface area contributed by atoms with Crippen molar-refractivity contribution >= 4 is 22.9 Å². The fourth-order valence-electron chi connectivity index (χ4n) is 3.83. The molecule has 1 saturated carbocycles. The molecule has 1 heterocycles. The molecule has 0 radical (unpaired) electrons. The molecule has 4 nitrogen and oxygen atoms in total. The van der Waals surface area contributed by atoms with Gasteiger partial charge in [-0.25, -0.2) is 0 Å². The van der Waals surface area contributed by atoms with E-state index in [0.717, 1.165) is 35.9 Å². The average molecular weight is 335 g/mol. The van der Waals surface area contributed by atoms with E-state index in [1.165, 1.54) is 12.8 Å². The smallest absolute Gasteiger partial charge is 0.246 e. The van der Waals surface area contributed by atoms with Crippen LogP contribution in [0.5, 0.6) is 0 Å². The number of nitriles is 1. The maximum absolute atomic E-state index is 12.6. The number of aromatic nitrogens is 1. The van der Waals surface area contributed by atoms with Crippen molar-refractivity contribution in [2.45, 2.75) is 51.6 Å². The van der Waals surface area contributed by atoms with Crippen molar-refractivity contribution in [1.82, 2.24) is 9.47 Å². The summed E-state index contributed by atoms with van der Waals surface area (Å²) in [5, 5.41) is 9.97. The molecule has 130 valence electrons. The summed E-state index contributed by atoms with van der Waals surface area (Å²) in [5.74, 6) is 0.100. The topological polar surface area (TPSA) is 49.0 Å². The number of hydrogen-bond acceptors (Lipinski definition) is 2. The number of nitrogens with zero attached hydrogens (tertiary/aromatic N) is 3. The van der Waals surface area contributed by atoms with Crippen molar-refractivity contribution in [3.63, 3.8) is 0 Å². The van der Waals surface area contributed by atoms with Crippen molar-refractivity contribution < 1.29 is 4.79 Å². The quantitative estimate of drug-likeness (QED) is 0.737. The van der Waals surface area contributed by atoms with Crippen LogP contribution in [0.2, 0.25) is 0 Å². The number of carbonyl (C=O) groups is 1. The number of likely N-dealkylation sites (N-methyl/N-ethyl adjacent to an activating group) is 1. The molecule has 2 aromatic rings. The van der Waals surface area contributed by atoms with E-state index in [1.807, 2.05) is 29.3 Å². The van der Waals surface area contributed by atoms with Gasteiger partial charge in [-0.2, -0.15) is 5.26 Å². The number of carbonyl (C=O) groups excluding carboxylic acids is 1. The number of benzene rings is 1. The molecule has 0 N–H and O–H groups in total. The van der Waals surface area contributed by atoms with Crippen LogP contribution in [-0.4, -0.2) is 28.0 Å². The van der Waals surface area contributed by atoms with E-state index >= 15 is 0 Å². The Labute approximate surface area is 149 Å². The summed E-state index contributed by atoms with van der Waals surface area (Å²) in [7, 11) is 0. The molecule has 0 spiro atoms. The first kappa shape index (κ1) is 17.3. The van der Waals surface area contributed by atoms with Crippen LogP contribution in [0.3, 0.4) is 0 Å². The van der Waals surface area contributed by atoms with Gasteiger partial charge in [0, 0.05) is 47.9 Å². The van der Waals surface area contributed by atoms with Gasteiger partial charge in [0.2, 0.25) is 5.91 Å². The second-order valence-corrected chi connectivity index (χ2v) is 6.60. The van der Waals surface area contributed by atoms with Crippen molar-refractivity contribution in [2.75, 3.05) is 6.54 Å². The molecule has 1 aliphatic rings. The zero-order valence-electron chi connectivity index (χ0n) is 14.8. The molecule has 25 heavy (non-hydrogen) atoms. The molecule has 1 aromatic heterocycles. The molecule has 4 heteroatoms. The van der Waals surface area contributed by atoms with Crippen LogP contribution in [0.4, 0.5) is 0 Å². The molecular weight excluding hydrogens is 310 g/mol. The molecule has 0 unspecified atom stereocenters. The normalized spacial score (nSPS) is 15.0. The maximum atomic E-state index is 12.6. The summed E-state index contributed by atoms with van der Waals surface area (Å²) >= 11 is 0. The van der Waals surface area contributed by atoms with Gasteiger partial charge in [0.1, 0.15) is 0 Å². The number of rotatable bonds is 6. The van der Waals surface area contributed by atoms with Gasteiger partial charge in [0.25, 0.3) is 0 Å². The lowest BCUT2D eigenvalue weighted by atomic mass is 10.1. The van der Waals surface area contributed by atoms with Crippen molar-refractivity contribution in [2.24, 2.45) is 0 Å². The van der Waals surface area contributed by atoms with Gasteiger partial charge in [-0.15, -0.1) is 0 Å². The lowest BCUT2D eigenvalue weighted by Gasteiger charge is -2.26. The molecule has 0 bridgehead atoms. The highest BCUT2D eigenvalue weighted by Crippen LogP contribution is 2.25. The third kappa shape index (κ3) is 3.76. The van der Waals surface area contributed by atoms with E-state index in [9.17, 15) is 4.79 Å². The third-order valence-corrected chi connectivity index (χ3v) is 5.08. The Morgan fingerprint density at radius 3 is 2.84 bits per heavy atom. The summed E-state index contributed by atoms with van der Waals surface area (Å²) in [4.78, 5) is 14.6. The Bertz CT molecular complexity index is 806. The highest BCUT2D eigenvalue weighted by Gasteiger charge is 2.23. The number of fused-ring (bicyclic) bond motifs is 1. The highest BCUT2D eigenvalue weighted by atomic mass is 16.2. The van der Waals surface area contributed by atoms with Crippen LogP contribution in [0.1, 0.15) is 44.6 Å². The zero-order valence-corrected chi connectivity index (χ0v) is 14.8. The lowest BCUT2D eigenvalue weighted by Crippen LogP contribution is -2.37. The number of aryl methyl sites for hydroxylation is 1. The molecule has 0 atom stereocenters. The molecular formula is C21H25N3O. The minimum Gasteiger partial charge on any atom is -0.346 e. The minimum atomic E-state index is 0.100. The fraction of sp³-hybridized carbons (Fsp3) is 0.429. The second kappa shape index (κ2) is 8.02. The van der Waals surface area contributed by atoms with E-state index in [4.69, 9.17) is 5.26 Å². The first-order valence-corrected chi connectivity index (χ1v) is 9.18. The Kier molecular flexibility index (Phi) is 5.55. The van der Waals surface area contributed by atoms with Gasteiger partial charge in [-0.1, -0.05) is 31.0 Å². The standard InChI is InChI=1S/C21H25N3O/c1-2-24(18-8-3-4-9-18)21(25)13-12-17-16-23(15-7-14-22)20-11-6-5-10-19(17)20/h5-6,10-13,16,18H,2-4,7-9,15H2,1H3. The van der Waals surface area contributed by atoms with Gasteiger partial charge in [0.15, 0.2) is 0 Å². The fourth-order valence-corrected chi connectivity index (χ4v) is 3.83. The average Bonchev–Trinajstić information content (AvgIpc) is 3.27. The van der Waals surface area contributed by atoms with Crippen LogP contribution in [0.25, 0.3) is 17.0 Å². The molecule has 1 amide bonds. The largest absolute Gasteiger partial charge is 0.346 e. The van der Waals surface area contributed by atoms with E-state index < -0.39 is 0 Å². The van der Waals surface area contributed by atoms with Gasteiger partial charge >= 0.3 is 0 Å². The molecule has 1 aromatic carbocycles.